The first-order valence-electron chi connectivity index (χ1n) is 8.14. The maximum atomic E-state index is 11.2. The third-order valence-corrected chi connectivity index (χ3v) is 4.18. The van der Waals surface area contributed by atoms with Crippen LogP contribution in [0.5, 0.6) is 0 Å². The minimum atomic E-state index is -0.224. The van der Waals surface area contributed by atoms with Crippen LogP contribution in [0.25, 0.3) is 0 Å². The van der Waals surface area contributed by atoms with E-state index < -0.39 is 0 Å². The number of aliphatic imine (C=N–C) groups is 1. The number of guanidine groups is 1. The van der Waals surface area contributed by atoms with Crippen molar-refractivity contribution in [3.8, 4) is 0 Å². The van der Waals surface area contributed by atoms with Gasteiger partial charge in [-0.25, -0.2) is 4.99 Å². The van der Waals surface area contributed by atoms with Crippen molar-refractivity contribution in [1.29, 1.82) is 0 Å². The van der Waals surface area contributed by atoms with Crippen molar-refractivity contribution in [2.45, 2.75) is 32.7 Å². The number of piperidine rings is 1. The molecule has 1 amide bonds. The van der Waals surface area contributed by atoms with Gasteiger partial charge < -0.3 is 16.0 Å². The summed E-state index contributed by atoms with van der Waals surface area (Å²) in [6.45, 7) is 5.23. The maximum Gasteiger partial charge on any atom is 0.217 e. The van der Waals surface area contributed by atoms with Crippen molar-refractivity contribution >= 4 is 23.5 Å². The summed E-state index contributed by atoms with van der Waals surface area (Å²) in [6.07, 6.45) is 2.55. The van der Waals surface area contributed by atoms with Crippen LogP contribution in [0.4, 0.5) is 0 Å². The summed E-state index contributed by atoms with van der Waals surface area (Å²) in [5.41, 5.74) is 6.42. The first kappa shape index (κ1) is 17.6. The number of hydrogen-bond acceptors (Lipinski definition) is 2. The SMILES string of the molecule is CCNC(=NCc1cccc(Cl)c1)N1CCCC(CC(N)=O)C1. The highest BCUT2D eigenvalue weighted by Gasteiger charge is 2.23. The number of nitrogens with two attached hydrogens (primary N) is 1. The molecule has 5 nitrogen and oxygen atoms in total. The largest absolute Gasteiger partial charge is 0.370 e. The van der Waals surface area contributed by atoms with E-state index in [2.05, 4.69) is 17.1 Å². The third kappa shape index (κ3) is 5.75. The van der Waals surface area contributed by atoms with Crippen molar-refractivity contribution in [2.24, 2.45) is 16.6 Å². The monoisotopic (exact) mass is 336 g/mol. The average Bonchev–Trinajstić information content (AvgIpc) is 2.51. The van der Waals surface area contributed by atoms with Crippen LogP contribution in [-0.2, 0) is 11.3 Å². The van der Waals surface area contributed by atoms with Crippen LogP contribution >= 0.6 is 11.6 Å². The van der Waals surface area contributed by atoms with E-state index >= 15 is 0 Å². The number of carbonyl (C=O) groups excluding carboxylic acids is 1. The van der Waals surface area contributed by atoms with E-state index in [1.807, 2.05) is 24.3 Å². The van der Waals surface area contributed by atoms with Crippen LogP contribution in [-0.4, -0.2) is 36.4 Å². The van der Waals surface area contributed by atoms with Crippen molar-refractivity contribution in [3.05, 3.63) is 34.9 Å². The Kier molecular flexibility index (Phi) is 6.71. The number of nitrogens with one attached hydrogen (secondary N) is 1. The second kappa shape index (κ2) is 8.77. The molecule has 6 heteroatoms. The number of benzene rings is 1. The molecule has 1 aromatic rings. The standard InChI is InChI=1S/C17H25ClN4O/c1-2-20-17(21-11-13-5-3-7-15(18)9-13)22-8-4-6-14(12-22)10-16(19)23/h3,5,7,9,14H,2,4,6,8,10-12H2,1H3,(H2,19,23)(H,20,21). The van der Waals surface area contributed by atoms with Gasteiger partial charge in [-0.3, -0.25) is 4.79 Å². The molecule has 3 N–H and O–H groups in total. The molecular weight excluding hydrogens is 312 g/mol. The number of nitrogens with zero attached hydrogens (tertiary/aromatic N) is 2. The van der Waals surface area contributed by atoms with Crippen molar-refractivity contribution in [2.75, 3.05) is 19.6 Å². The fraction of sp³-hybridized carbons (Fsp3) is 0.529. The molecule has 126 valence electrons. The first-order valence-corrected chi connectivity index (χ1v) is 8.52. The van der Waals surface area contributed by atoms with Gasteiger partial charge in [0.1, 0.15) is 0 Å². The highest BCUT2D eigenvalue weighted by atomic mass is 35.5. The Labute approximate surface area is 142 Å². The summed E-state index contributed by atoms with van der Waals surface area (Å²) in [5, 5.41) is 4.06. The number of halogens is 1. The lowest BCUT2D eigenvalue weighted by Crippen LogP contribution is -2.47. The molecule has 0 spiro atoms. The number of primary amides is 1. The van der Waals surface area contributed by atoms with E-state index in [1.54, 1.807) is 0 Å². The van der Waals surface area contributed by atoms with Gasteiger partial charge in [0.25, 0.3) is 0 Å². The summed E-state index contributed by atoms with van der Waals surface area (Å²) >= 11 is 6.02. The Morgan fingerprint density at radius 2 is 2.35 bits per heavy atom. The molecule has 0 aliphatic carbocycles. The summed E-state index contributed by atoms with van der Waals surface area (Å²) in [7, 11) is 0. The van der Waals surface area contributed by atoms with Gasteiger partial charge in [0, 0.05) is 31.1 Å². The summed E-state index contributed by atoms with van der Waals surface area (Å²) in [4.78, 5) is 18.1. The van der Waals surface area contributed by atoms with Crippen molar-refractivity contribution in [3.63, 3.8) is 0 Å². The smallest absolute Gasteiger partial charge is 0.217 e. The number of likely N-dealkylation sites (tertiary alicyclic amines) is 1. The number of carbonyl (C=O) groups is 1. The lowest BCUT2D eigenvalue weighted by atomic mass is 9.95. The second-order valence-electron chi connectivity index (χ2n) is 5.92. The van der Waals surface area contributed by atoms with Gasteiger partial charge in [-0.15, -0.1) is 0 Å². The summed E-state index contributed by atoms with van der Waals surface area (Å²) in [6, 6.07) is 7.74. The molecule has 1 aliphatic rings. The molecule has 1 fully saturated rings. The second-order valence-corrected chi connectivity index (χ2v) is 6.36. The zero-order chi connectivity index (χ0) is 16.7. The van der Waals surface area contributed by atoms with E-state index in [-0.39, 0.29) is 5.91 Å². The highest BCUT2D eigenvalue weighted by Crippen LogP contribution is 2.19. The molecule has 1 atom stereocenters. The van der Waals surface area contributed by atoms with Crippen LogP contribution in [0.15, 0.2) is 29.3 Å². The van der Waals surface area contributed by atoms with Gasteiger partial charge >= 0.3 is 0 Å². The zero-order valence-electron chi connectivity index (χ0n) is 13.6. The maximum absolute atomic E-state index is 11.2. The van der Waals surface area contributed by atoms with Crippen LogP contribution in [0.1, 0.15) is 31.7 Å². The topological polar surface area (TPSA) is 70.7 Å². The molecule has 23 heavy (non-hydrogen) atoms. The lowest BCUT2D eigenvalue weighted by molar-refractivity contribution is -0.119. The van der Waals surface area contributed by atoms with Crippen molar-refractivity contribution in [1.82, 2.24) is 10.2 Å². The third-order valence-electron chi connectivity index (χ3n) is 3.94. The molecule has 0 bridgehead atoms. The molecular formula is C17H25ClN4O. The van der Waals surface area contributed by atoms with Gasteiger partial charge in [0.2, 0.25) is 5.91 Å². The predicted molar refractivity (Wildman–Crippen MR) is 94.4 cm³/mol. The lowest BCUT2D eigenvalue weighted by Gasteiger charge is -2.34. The fourth-order valence-electron chi connectivity index (χ4n) is 2.94. The van der Waals surface area contributed by atoms with Gasteiger partial charge in [0.15, 0.2) is 5.96 Å². The Morgan fingerprint density at radius 1 is 1.52 bits per heavy atom. The Morgan fingerprint density at radius 3 is 3.04 bits per heavy atom. The fourth-order valence-corrected chi connectivity index (χ4v) is 3.15. The van der Waals surface area contributed by atoms with E-state index in [9.17, 15) is 4.79 Å². The van der Waals surface area contributed by atoms with Crippen LogP contribution in [0.3, 0.4) is 0 Å². The van der Waals surface area contributed by atoms with Crippen LogP contribution in [0, 0.1) is 5.92 Å². The number of hydrogen-bond donors (Lipinski definition) is 2. The van der Waals surface area contributed by atoms with E-state index in [4.69, 9.17) is 22.3 Å². The molecule has 0 saturated carbocycles. The van der Waals surface area contributed by atoms with Crippen LogP contribution < -0.4 is 11.1 Å². The normalized spacial score (nSPS) is 18.8. The van der Waals surface area contributed by atoms with E-state index in [0.29, 0.717) is 18.9 Å². The van der Waals surface area contributed by atoms with Gasteiger partial charge in [0.05, 0.1) is 6.54 Å². The molecule has 1 aliphatic heterocycles. The number of rotatable bonds is 5. The molecule has 1 heterocycles. The summed E-state index contributed by atoms with van der Waals surface area (Å²) in [5.74, 6) is 0.982. The average molecular weight is 337 g/mol. The van der Waals surface area contributed by atoms with E-state index in [1.165, 1.54) is 0 Å². The Balaban J connectivity index is 2.04. The van der Waals surface area contributed by atoms with Crippen LogP contribution in [0.2, 0.25) is 5.02 Å². The van der Waals surface area contributed by atoms with Gasteiger partial charge in [-0.1, -0.05) is 23.7 Å². The minimum absolute atomic E-state index is 0.224. The highest BCUT2D eigenvalue weighted by molar-refractivity contribution is 6.30. The molecule has 0 radical (unpaired) electrons. The Hall–Kier alpha value is -1.75. The predicted octanol–water partition coefficient (Wildman–Crippen LogP) is 2.39. The van der Waals surface area contributed by atoms with Gasteiger partial charge in [-0.05, 0) is 43.4 Å². The molecule has 0 aromatic heterocycles. The summed E-state index contributed by atoms with van der Waals surface area (Å²) < 4.78 is 0. The Bertz CT molecular complexity index is 561. The van der Waals surface area contributed by atoms with Gasteiger partial charge in [-0.2, -0.15) is 0 Å². The first-order chi connectivity index (χ1) is 11.1. The number of amides is 1. The molecule has 1 unspecified atom stereocenters. The van der Waals surface area contributed by atoms with Crippen molar-refractivity contribution < 1.29 is 4.79 Å². The molecule has 2 rings (SSSR count). The minimum Gasteiger partial charge on any atom is -0.370 e. The van der Waals surface area contributed by atoms with E-state index in [0.717, 1.165) is 49.0 Å². The molecule has 1 saturated heterocycles. The zero-order valence-corrected chi connectivity index (χ0v) is 14.4. The molecule has 1 aromatic carbocycles. The quantitative estimate of drug-likeness (QED) is 0.640.